The third kappa shape index (κ3) is 2.44. The highest BCUT2D eigenvalue weighted by Crippen LogP contribution is 2.30. The number of benzene rings is 1. The summed E-state index contributed by atoms with van der Waals surface area (Å²) < 4.78 is 2.14. The van der Waals surface area contributed by atoms with Gasteiger partial charge in [-0.1, -0.05) is 20.8 Å². The molecule has 3 rings (SSSR count). The molecule has 0 aliphatic rings. The van der Waals surface area contributed by atoms with Crippen molar-refractivity contribution in [2.24, 2.45) is 7.05 Å². The Morgan fingerprint density at radius 1 is 1.24 bits per heavy atom. The number of fused-ring (bicyclic) bond motifs is 1. The molecule has 1 aromatic carbocycles. The number of aryl methyl sites for hydroxylation is 2. The van der Waals surface area contributed by atoms with Crippen molar-refractivity contribution in [2.45, 2.75) is 33.1 Å². The van der Waals surface area contributed by atoms with E-state index < -0.39 is 0 Å². The lowest BCUT2D eigenvalue weighted by Crippen LogP contribution is -2.15. The van der Waals surface area contributed by atoms with Crippen LogP contribution in [0.25, 0.3) is 22.2 Å². The molecule has 0 amide bonds. The van der Waals surface area contributed by atoms with Crippen molar-refractivity contribution in [3.05, 3.63) is 48.0 Å². The molecular weight excluding hydrogens is 258 g/mol. The zero-order valence-corrected chi connectivity index (χ0v) is 13.2. The standard InChI is InChI=1S/C18H20N3/c1-12-6-7-13-14(11-21(5)16(13)10-12)15-8-9-19-17(20-15)18(2,3)4/h7-11H,1-5H3. The highest BCUT2D eigenvalue weighted by atomic mass is 14.9. The first-order valence-corrected chi connectivity index (χ1v) is 7.17. The molecule has 3 aromatic rings. The maximum Gasteiger partial charge on any atom is 0.134 e. The monoisotopic (exact) mass is 278 g/mol. The summed E-state index contributed by atoms with van der Waals surface area (Å²) in [4.78, 5) is 9.17. The highest BCUT2D eigenvalue weighted by Gasteiger charge is 2.18. The van der Waals surface area contributed by atoms with Crippen LogP contribution in [0.4, 0.5) is 0 Å². The first-order valence-electron chi connectivity index (χ1n) is 7.17. The molecule has 2 heterocycles. The summed E-state index contributed by atoms with van der Waals surface area (Å²) in [7, 11) is 2.07. The van der Waals surface area contributed by atoms with Crippen LogP contribution in [0.15, 0.2) is 30.6 Å². The fourth-order valence-corrected chi connectivity index (χ4v) is 2.50. The maximum absolute atomic E-state index is 4.76. The number of nitrogens with zero attached hydrogens (tertiary/aromatic N) is 3. The van der Waals surface area contributed by atoms with Crippen molar-refractivity contribution in [1.82, 2.24) is 14.5 Å². The average Bonchev–Trinajstić information content (AvgIpc) is 2.75. The fourth-order valence-electron chi connectivity index (χ4n) is 2.50. The normalized spacial score (nSPS) is 12.0. The Bertz CT molecular complexity index is 807. The second kappa shape index (κ2) is 4.69. The summed E-state index contributed by atoms with van der Waals surface area (Å²) in [5.74, 6) is 0.869. The van der Waals surface area contributed by atoms with E-state index in [0.29, 0.717) is 0 Å². The quantitative estimate of drug-likeness (QED) is 0.672. The van der Waals surface area contributed by atoms with Gasteiger partial charge in [0, 0.05) is 41.3 Å². The molecule has 0 bridgehead atoms. The van der Waals surface area contributed by atoms with Crippen LogP contribution in [-0.4, -0.2) is 14.5 Å². The van der Waals surface area contributed by atoms with Crippen LogP contribution in [0, 0.1) is 13.0 Å². The van der Waals surface area contributed by atoms with Crippen LogP contribution in [-0.2, 0) is 12.5 Å². The highest BCUT2D eigenvalue weighted by molar-refractivity contribution is 5.95. The van der Waals surface area contributed by atoms with Gasteiger partial charge in [-0.05, 0) is 36.8 Å². The van der Waals surface area contributed by atoms with Gasteiger partial charge in [0.2, 0.25) is 0 Å². The third-order valence-corrected chi connectivity index (χ3v) is 3.67. The van der Waals surface area contributed by atoms with Crippen molar-refractivity contribution >= 4 is 10.9 Å². The van der Waals surface area contributed by atoms with Gasteiger partial charge in [0.15, 0.2) is 0 Å². The molecule has 0 spiro atoms. The maximum atomic E-state index is 4.76. The lowest BCUT2D eigenvalue weighted by molar-refractivity contribution is 0.546. The third-order valence-electron chi connectivity index (χ3n) is 3.67. The molecule has 3 heteroatoms. The topological polar surface area (TPSA) is 30.7 Å². The SMILES string of the molecule is Cc1[c]cc2c(-c3ccnc(C(C)(C)C)n3)cn(C)c2c1. The summed E-state index contributed by atoms with van der Waals surface area (Å²) in [6.45, 7) is 8.46. The van der Waals surface area contributed by atoms with E-state index in [9.17, 15) is 0 Å². The second-order valence-corrected chi connectivity index (χ2v) is 6.58. The Morgan fingerprint density at radius 2 is 2.00 bits per heavy atom. The van der Waals surface area contributed by atoms with Crippen molar-refractivity contribution in [3.8, 4) is 11.3 Å². The molecule has 107 valence electrons. The van der Waals surface area contributed by atoms with E-state index in [1.54, 1.807) is 0 Å². The van der Waals surface area contributed by atoms with Gasteiger partial charge in [0.05, 0.1) is 5.69 Å². The number of hydrogen-bond acceptors (Lipinski definition) is 2. The van der Waals surface area contributed by atoms with Gasteiger partial charge < -0.3 is 4.57 Å². The smallest absolute Gasteiger partial charge is 0.134 e. The van der Waals surface area contributed by atoms with Crippen molar-refractivity contribution in [3.63, 3.8) is 0 Å². The van der Waals surface area contributed by atoms with Crippen LogP contribution < -0.4 is 0 Å². The molecule has 3 nitrogen and oxygen atoms in total. The summed E-state index contributed by atoms with van der Waals surface area (Å²) in [6, 6.07) is 9.47. The number of rotatable bonds is 1. The molecule has 0 N–H and O–H groups in total. The molecule has 0 saturated carbocycles. The van der Waals surface area contributed by atoms with Crippen LogP contribution in [0.3, 0.4) is 0 Å². The van der Waals surface area contributed by atoms with Crippen molar-refractivity contribution in [1.29, 1.82) is 0 Å². The van der Waals surface area contributed by atoms with E-state index in [1.165, 1.54) is 10.9 Å². The molecule has 0 unspecified atom stereocenters. The van der Waals surface area contributed by atoms with E-state index in [2.05, 4.69) is 68.7 Å². The Labute approximate surface area is 125 Å². The van der Waals surface area contributed by atoms with Crippen LogP contribution >= 0.6 is 0 Å². The molecule has 0 saturated heterocycles. The van der Waals surface area contributed by atoms with Crippen LogP contribution in [0.5, 0.6) is 0 Å². The van der Waals surface area contributed by atoms with E-state index >= 15 is 0 Å². The van der Waals surface area contributed by atoms with Crippen molar-refractivity contribution in [2.75, 3.05) is 0 Å². The molecule has 21 heavy (non-hydrogen) atoms. The van der Waals surface area contributed by atoms with Gasteiger partial charge in [-0.25, -0.2) is 9.97 Å². The summed E-state index contributed by atoms with van der Waals surface area (Å²) in [5.41, 5.74) is 4.41. The number of aromatic nitrogens is 3. The van der Waals surface area contributed by atoms with Gasteiger partial charge in [-0.15, -0.1) is 0 Å². The Balaban J connectivity index is 2.22. The predicted octanol–water partition coefficient (Wildman–Crippen LogP) is 4.04. The van der Waals surface area contributed by atoms with Crippen molar-refractivity contribution < 1.29 is 0 Å². The van der Waals surface area contributed by atoms with Crippen LogP contribution in [0.2, 0.25) is 0 Å². The molecule has 0 atom stereocenters. The zero-order valence-electron chi connectivity index (χ0n) is 13.2. The summed E-state index contributed by atoms with van der Waals surface area (Å²) in [6.07, 6.45) is 3.98. The minimum absolute atomic E-state index is 0.0523. The van der Waals surface area contributed by atoms with Gasteiger partial charge in [-0.2, -0.15) is 0 Å². The fraction of sp³-hybridized carbons (Fsp3) is 0.333. The van der Waals surface area contributed by atoms with E-state index in [0.717, 1.165) is 22.6 Å². The van der Waals surface area contributed by atoms with E-state index in [-0.39, 0.29) is 5.41 Å². The van der Waals surface area contributed by atoms with Crippen LogP contribution in [0.1, 0.15) is 32.2 Å². The Kier molecular flexibility index (Phi) is 3.08. The first-order chi connectivity index (χ1) is 9.86. The lowest BCUT2D eigenvalue weighted by Gasteiger charge is -2.16. The summed E-state index contributed by atoms with van der Waals surface area (Å²) in [5, 5.41) is 1.18. The first kappa shape index (κ1) is 13.8. The molecule has 0 fully saturated rings. The Morgan fingerprint density at radius 3 is 2.71 bits per heavy atom. The predicted molar refractivity (Wildman–Crippen MR) is 86.2 cm³/mol. The molecule has 1 radical (unpaired) electrons. The average molecular weight is 278 g/mol. The van der Waals surface area contributed by atoms with E-state index in [1.807, 2.05) is 12.3 Å². The lowest BCUT2D eigenvalue weighted by atomic mass is 9.95. The minimum atomic E-state index is -0.0523. The summed E-state index contributed by atoms with van der Waals surface area (Å²) >= 11 is 0. The second-order valence-electron chi connectivity index (χ2n) is 6.58. The Hall–Kier alpha value is -2.16. The van der Waals surface area contributed by atoms with Gasteiger partial charge in [-0.3, -0.25) is 0 Å². The molecule has 2 aromatic heterocycles. The largest absolute Gasteiger partial charge is 0.350 e. The zero-order chi connectivity index (χ0) is 15.2. The number of hydrogen-bond donors (Lipinski definition) is 0. The van der Waals surface area contributed by atoms with Gasteiger partial charge in [0.1, 0.15) is 5.82 Å². The minimum Gasteiger partial charge on any atom is -0.350 e. The van der Waals surface area contributed by atoms with Gasteiger partial charge >= 0.3 is 0 Å². The molecule has 0 aliphatic carbocycles. The van der Waals surface area contributed by atoms with Gasteiger partial charge in [0.25, 0.3) is 0 Å². The molecule has 0 aliphatic heterocycles. The molecular formula is C18H20N3. The van der Waals surface area contributed by atoms with E-state index in [4.69, 9.17) is 4.98 Å².